The minimum atomic E-state index is 0.683. The molecule has 2 nitrogen and oxygen atoms in total. The monoisotopic (exact) mass is 361 g/mol. The van der Waals surface area contributed by atoms with Crippen LogP contribution >= 0.6 is 22.6 Å². The second kappa shape index (κ2) is 5.57. The summed E-state index contributed by atoms with van der Waals surface area (Å²) in [6, 6.07) is 20.4. The lowest BCUT2D eigenvalue weighted by molar-refractivity contribution is 0.538. The minimum Gasteiger partial charge on any atom is -0.432 e. The van der Waals surface area contributed by atoms with Crippen molar-refractivity contribution in [2.45, 2.75) is 6.42 Å². The number of hydrogen-bond acceptors (Lipinski definition) is 2. The summed E-state index contributed by atoms with van der Waals surface area (Å²) < 4.78 is 6.43. The second-order valence-corrected chi connectivity index (χ2v) is 5.19. The topological polar surface area (TPSA) is 26.0 Å². The zero-order chi connectivity index (χ0) is 13.1. The Balaban J connectivity index is 1.99. The van der Waals surface area contributed by atoms with E-state index >= 15 is 0 Å². The van der Waals surface area contributed by atoms with Gasteiger partial charge in [-0.05, 0) is 5.56 Å². The highest BCUT2D eigenvalue weighted by Gasteiger charge is 2.13. The number of benzene rings is 2. The van der Waals surface area contributed by atoms with E-state index in [0.717, 1.165) is 23.4 Å². The summed E-state index contributed by atoms with van der Waals surface area (Å²) in [5.74, 6) is 0.869. The molecule has 3 rings (SSSR count). The maximum Gasteiger partial charge on any atom is 0.257 e. The molecule has 0 saturated heterocycles. The van der Waals surface area contributed by atoms with Crippen LogP contribution in [0.5, 0.6) is 0 Å². The van der Waals surface area contributed by atoms with Crippen molar-refractivity contribution in [2.75, 3.05) is 0 Å². The van der Waals surface area contributed by atoms with Crippen LogP contribution in [0.1, 0.15) is 11.3 Å². The van der Waals surface area contributed by atoms with Crippen LogP contribution in [0.3, 0.4) is 0 Å². The Morgan fingerprint density at radius 1 is 0.895 bits per heavy atom. The van der Waals surface area contributed by atoms with Gasteiger partial charge < -0.3 is 4.42 Å². The summed E-state index contributed by atoms with van der Waals surface area (Å²) in [7, 11) is 0. The predicted molar refractivity (Wildman–Crippen MR) is 83.9 cm³/mol. The van der Waals surface area contributed by atoms with Gasteiger partial charge in [0.05, 0.1) is 5.69 Å². The molecule has 2 aromatic carbocycles. The highest BCUT2D eigenvalue weighted by atomic mass is 127. The number of halogens is 1. The molecule has 0 aliphatic heterocycles. The van der Waals surface area contributed by atoms with Gasteiger partial charge in [0, 0.05) is 34.6 Å². The molecule has 0 aliphatic carbocycles. The van der Waals surface area contributed by atoms with Gasteiger partial charge in [-0.1, -0.05) is 60.7 Å². The first-order valence-corrected chi connectivity index (χ1v) is 7.15. The number of rotatable bonds is 3. The van der Waals surface area contributed by atoms with Gasteiger partial charge in [0.25, 0.3) is 3.90 Å². The van der Waals surface area contributed by atoms with Crippen LogP contribution < -0.4 is 0 Å². The lowest BCUT2D eigenvalue weighted by Crippen LogP contribution is -1.91. The summed E-state index contributed by atoms with van der Waals surface area (Å²) in [6.45, 7) is 0. The molecule has 3 heteroatoms. The number of oxazole rings is 1. The van der Waals surface area contributed by atoms with Gasteiger partial charge in [-0.3, -0.25) is 0 Å². The fourth-order valence-corrected chi connectivity index (χ4v) is 2.56. The molecule has 1 heterocycles. The highest BCUT2D eigenvalue weighted by molar-refractivity contribution is 14.1. The summed E-state index contributed by atoms with van der Waals surface area (Å²) in [6.07, 6.45) is 0.789. The number of aromatic nitrogens is 1. The molecular weight excluding hydrogens is 349 g/mol. The smallest absolute Gasteiger partial charge is 0.257 e. The van der Waals surface area contributed by atoms with Gasteiger partial charge in [0.15, 0.2) is 5.76 Å². The first kappa shape index (κ1) is 12.4. The van der Waals surface area contributed by atoms with Gasteiger partial charge in [0.2, 0.25) is 0 Å². The van der Waals surface area contributed by atoms with Crippen molar-refractivity contribution >= 4 is 22.6 Å². The van der Waals surface area contributed by atoms with Crippen LogP contribution in [0.2, 0.25) is 0 Å². The number of hydrogen-bond donors (Lipinski definition) is 0. The third-order valence-electron chi connectivity index (χ3n) is 2.92. The first-order chi connectivity index (χ1) is 9.33. The molecule has 94 valence electrons. The van der Waals surface area contributed by atoms with E-state index in [-0.39, 0.29) is 0 Å². The SMILES string of the molecule is Ic1nc(Cc2ccccc2)c(-c2ccccc2)o1. The molecule has 0 radical (unpaired) electrons. The zero-order valence-corrected chi connectivity index (χ0v) is 12.4. The number of nitrogens with zero attached hydrogens (tertiary/aromatic N) is 1. The maximum atomic E-state index is 5.75. The fourth-order valence-electron chi connectivity index (χ4n) is 2.05. The molecule has 3 aromatic rings. The Morgan fingerprint density at radius 2 is 1.53 bits per heavy atom. The van der Waals surface area contributed by atoms with Crippen molar-refractivity contribution in [3.8, 4) is 11.3 Å². The van der Waals surface area contributed by atoms with Crippen LogP contribution in [0.25, 0.3) is 11.3 Å². The summed E-state index contributed by atoms with van der Waals surface area (Å²) in [5.41, 5.74) is 3.30. The van der Waals surface area contributed by atoms with Crippen molar-refractivity contribution in [3.63, 3.8) is 0 Å². The van der Waals surface area contributed by atoms with Crippen LogP contribution in [0, 0.1) is 3.90 Å². The van der Waals surface area contributed by atoms with E-state index in [1.165, 1.54) is 5.56 Å². The van der Waals surface area contributed by atoms with Crippen molar-refractivity contribution < 1.29 is 4.42 Å². The molecular formula is C16H12INO. The van der Waals surface area contributed by atoms with E-state index in [4.69, 9.17) is 4.42 Å². The molecule has 0 spiro atoms. The molecule has 0 N–H and O–H groups in total. The Hall–Kier alpha value is -1.62. The standard InChI is InChI=1S/C16H12INO/c17-16-18-14(11-12-7-3-1-4-8-12)15(19-16)13-9-5-2-6-10-13/h1-10H,11H2. The van der Waals surface area contributed by atoms with E-state index < -0.39 is 0 Å². The molecule has 0 amide bonds. The highest BCUT2D eigenvalue weighted by Crippen LogP contribution is 2.27. The molecule has 19 heavy (non-hydrogen) atoms. The third-order valence-corrected chi connectivity index (χ3v) is 3.38. The zero-order valence-electron chi connectivity index (χ0n) is 10.2. The van der Waals surface area contributed by atoms with E-state index in [2.05, 4.69) is 39.7 Å². The molecule has 0 bridgehead atoms. The van der Waals surface area contributed by atoms with Gasteiger partial charge in [0.1, 0.15) is 0 Å². The van der Waals surface area contributed by atoms with Crippen molar-refractivity contribution in [1.29, 1.82) is 0 Å². The van der Waals surface area contributed by atoms with Crippen molar-refractivity contribution in [1.82, 2.24) is 4.98 Å². The van der Waals surface area contributed by atoms with Crippen LogP contribution in [0.15, 0.2) is 65.1 Å². The lowest BCUT2D eigenvalue weighted by Gasteiger charge is -2.01. The van der Waals surface area contributed by atoms with Crippen LogP contribution in [-0.2, 0) is 6.42 Å². The molecule has 0 aliphatic rings. The molecule has 0 unspecified atom stereocenters. The molecule has 0 saturated carbocycles. The largest absolute Gasteiger partial charge is 0.432 e. The Bertz CT molecular complexity index is 662. The molecule has 1 aromatic heterocycles. The van der Waals surface area contributed by atoms with Crippen molar-refractivity contribution in [2.24, 2.45) is 0 Å². The molecule has 0 fully saturated rings. The van der Waals surface area contributed by atoms with Crippen LogP contribution in [0.4, 0.5) is 0 Å². The minimum absolute atomic E-state index is 0.683. The third kappa shape index (κ3) is 2.87. The Morgan fingerprint density at radius 3 is 2.21 bits per heavy atom. The second-order valence-electron chi connectivity index (χ2n) is 4.27. The lowest BCUT2D eigenvalue weighted by atomic mass is 10.1. The van der Waals surface area contributed by atoms with Crippen LogP contribution in [-0.4, -0.2) is 4.98 Å². The summed E-state index contributed by atoms with van der Waals surface area (Å²) in [5, 5.41) is 0. The normalized spacial score (nSPS) is 10.6. The Labute approximate surface area is 125 Å². The van der Waals surface area contributed by atoms with Gasteiger partial charge in [-0.25, -0.2) is 4.98 Å². The summed E-state index contributed by atoms with van der Waals surface area (Å²) >= 11 is 2.12. The van der Waals surface area contributed by atoms with E-state index in [1.54, 1.807) is 0 Å². The van der Waals surface area contributed by atoms with Gasteiger partial charge in [-0.2, -0.15) is 0 Å². The summed E-state index contributed by atoms with van der Waals surface area (Å²) in [4.78, 5) is 4.50. The van der Waals surface area contributed by atoms with Gasteiger partial charge >= 0.3 is 0 Å². The predicted octanol–water partition coefficient (Wildman–Crippen LogP) is 4.54. The fraction of sp³-hybridized carbons (Fsp3) is 0.0625. The van der Waals surface area contributed by atoms with Gasteiger partial charge in [-0.15, -0.1) is 0 Å². The van der Waals surface area contributed by atoms with E-state index in [1.807, 2.05) is 48.5 Å². The first-order valence-electron chi connectivity index (χ1n) is 6.07. The average Bonchev–Trinajstić information content (AvgIpc) is 2.82. The maximum absolute atomic E-state index is 5.75. The molecule has 0 atom stereocenters. The van der Waals surface area contributed by atoms with E-state index in [9.17, 15) is 0 Å². The van der Waals surface area contributed by atoms with E-state index in [0.29, 0.717) is 3.90 Å². The Kier molecular flexibility index (Phi) is 3.64. The quantitative estimate of drug-likeness (QED) is 0.641. The average molecular weight is 361 g/mol. The van der Waals surface area contributed by atoms with Crippen molar-refractivity contribution in [3.05, 3.63) is 75.8 Å².